The first-order chi connectivity index (χ1) is 9.85. The maximum atomic E-state index is 12.3. The fraction of sp³-hybridized carbons (Fsp3) is 0.385. The number of sulfonamides is 1. The number of hydrogen-bond donors (Lipinski definition) is 2. The Morgan fingerprint density at radius 3 is 2.57 bits per heavy atom. The predicted octanol–water partition coefficient (Wildman–Crippen LogP) is 0.0202. The van der Waals surface area contributed by atoms with Gasteiger partial charge in [0, 0.05) is 24.3 Å². The van der Waals surface area contributed by atoms with Gasteiger partial charge in [-0.25, -0.2) is 8.42 Å². The van der Waals surface area contributed by atoms with Gasteiger partial charge in [-0.15, -0.1) is 0 Å². The number of amides is 2. The van der Waals surface area contributed by atoms with Gasteiger partial charge in [0.15, 0.2) is 0 Å². The van der Waals surface area contributed by atoms with Crippen LogP contribution in [0.2, 0.25) is 0 Å². The number of carbonyl (C=O) groups excluding carboxylic acids is 2. The number of nitrogens with zero attached hydrogens (tertiary/aromatic N) is 1. The van der Waals surface area contributed by atoms with Crippen molar-refractivity contribution in [1.82, 2.24) is 10.2 Å². The Morgan fingerprint density at radius 1 is 1.29 bits per heavy atom. The van der Waals surface area contributed by atoms with Gasteiger partial charge < -0.3 is 10.2 Å². The molecule has 0 unspecified atom stereocenters. The normalized spacial score (nSPS) is 16.0. The second kappa shape index (κ2) is 6.13. The lowest BCUT2D eigenvalue weighted by molar-refractivity contribution is -0.121. The van der Waals surface area contributed by atoms with Crippen molar-refractivity contribution in [2.45, 2.75) is 6.42 Å². The molecular formula is C13H17N3O4S. The van der Waals surface area contributed by atoms with E-state index >= 15 is 0 Å². The van der Waals surface area contributed by atoms with Crippen LogP contribution in [0.5, 0.6) is 0 Å². The first-order valence-corrected chi connectivity index (χ1v) is 8.38. The molecule has 0 radical (unpaired) electrons. The Balaban J connectivity index is 2.10. The van der Waals surface area contributed by atoms with Crippen LogP contribution in [0.4, 0.5) is 5.69 Å². The molecule has 1 heterocycles. The SMILES string of the molecule is CS(=O)(=O)Nc1ccc(C(=O)N2CCCNC(=O)C2)cc1. The number of hydrogen-bond acceptors (Lipinski definition) is 4. The number of anilines is 1. The number of benzene rings is 1. The molecule has 0 bridgehead atoms. The number of nitrogens with one attached hydrogen (secondary N) is 2. The van der Waals surface area contributed by atoms with Gasteiger partial charge in [-0.3, -0.25) is 14.3 Å². The van der Waals surface area contributed by atoms with Crippen LogP contribution in [-0.4, -0.2) is 51.0 Å². The van der Waals surface area contributed by atoms with Crippen LogP contribution in [0.1, 0.15) is 16.8 Å². The summed E-state index contributed by atoms with van der Waals surface area (Å²) in [6.45, 7) is 1.13. The molecule has 114 valence electrons. The second-order valence-electron chi connectivity index (χ2n) is 4.88. The second-order valence-corrected chi connectivity index (χ2v) is 6.63. The van der Waals surface area contributed by atoms with Crippen molar-refractivity contribution in [2.24, 2.45) is 0 Å². The van der Waals surface area contributed by atoms with E-state index in [4.69, 9.17) is 0 Å². The van der Waals surface area contributed by atoms with Crippen LogP contribution in [-0.2, 0) is 14.8 Å². The first kappa shape index (κ1) is 15.3. The summed E-state index contributed by atoms with van der Waals surface area (Å²) in [5.41, 5.74) is 0.811. The van der Waals surface area contributed by atoms with E-state index in [2.05, 4.69) is 10.0 Å². The van der Waals surface area contributed by atoms with Gasteiger partial charge in [-0.05, 0) is 30.7 Å². The van der Waals surface area contributed by atoms with Crippen LogP contribution < -0.4 is 10.0 Å². The van der Waals surface area contributed by atoms with Crippen LogP contribution in [0.3, 0.4) is 0 Å². The van der Waals surface area contributed by atoms with Crippen LogP contribution >= 0.6 is 0 Å². The summed E-state index contributed by atoms with van der Waals surface area (Å²) >= 11 is 0. The van der Waals surface area contributed by atoms with Gasteiger partial charge >= 0.3 is 0 Å². The molecule has 0 aromatic heterocycles. The van der Waals surface area contributed by atoms with Crippen molar-refractivity contribution in [3.8, 4) is 0 Å². The summed E-state index contributed by atoms with van der Waals surface area (Å²) in [6.07, 6.45) is 1.77. The zero-order chi connectivity index (χ0) is 15.5. The Bertz CT molecular complexity index is 640. The summed E-state index contributed by atoms with van der Waals surface area (Å²) in [5, 5.41) is 2.71. The van der Waals surface area contributed by atoms with Gasteiger partial charge in [-0.1, -0.05) is 0 Å². The van der Waals surface area contributed by atoms with Gasteiger partial charge in [0.25, 0.3) is 5.91 Å². The molecule has 0 spiro atoms. The fourth-order valence-electron chi connectivity index (χ4n) is 2.06. The highest BCUT2D eigenvalue weighted by atomic mass is 32.2. The van der Waals surface area contributed by atoms with Crippen molar-refractivity contribution in [1.29, 1.82) is 0 Å². The molecule has 2 rings (SSSR count). The molecule has 1 aliphatic heterocycles. The smallest absolute Gasteiger partial charge is 0.254 e. The van der Waals surface area contributed by atoms with Gasteiger partial charge in [-0.2, -0.15) is 0 Å². The van der Waals surface area contributed by atoms with Gasteiger partial charge in [0.2, 0.25) is 15.9 Å². The van der Waals surface area contributed by atoms with Gasteiger partial charge in [0.05, 0.1) is 12.8 Å². The first-order valence-electron chi connectivity index (χ1n) is 6.49. The summed E-state index contributed by atoms with van der Waals surface area (Å²) < 4.78 is 24.5. The average molecular weight is 311 g/mol. The van der Waals surface area contributed by atoms with Crippen molar-refractivity contribution >= 4 is 27.5 Å². The van der Waals surface area contributed by atoms with E-state index < -0.39 is 10.0 Å². The number of rotatable bonds is 3. The zero-order valence-corrected chi connectivity index (χ0v) is 12.4. The molecule has 0 atom stereocenters. The maximum absolute atomic E-state index is 12.3. The summed E-state index contributed by atoms with van der Waals surface area (Å²) in [5.74, 6) is -0.408. The third-order valence-corrected chi connectivity index (χ3v) is 3.59. The topological polar surface area (TPSA) is 95.6 Å². The molecule has 21 heavy (non-hydrogen) atoms. The fourth-order valence-corrected chi connectivity index (χ4v) is 2.62. The third-order valence-electron chi connectivity index (χ3n) is 2.98. The minimum atomic E-state index is -3.34. The predicted molar refractivity (Wildman–Crippen MR) is 78.4 cm³/mol. The largest absolute Gasteiger partial charge is 0.354 e. The summed E-state index contributed by atoms with van der Waals surface area (Å²) in [7, 11) is -3.34. The van der Waals surface area contributed by atoms with Crippen LogP contribution in [0, 0.1) is 0 Å². The molecule has 0 saturated carbocycles. The summed E-state index contributed by atoms with van der Waals surface area (Å²) in [4.78, 5) is 25.2. The molecule has 0 aliphatic carbocycles. The van der Waals surface area contributed by atoms with E-state index in [1.165, 1.54) is 17.0 Å². The van der Waals surface area contributed by atoms with E-state index in [0.29, 0.717) is 30.8 Å². The molecule has 1 saturated heterocycles. The Labute approximate surface area is 123 Å². The van der Waals surface area contributed by atoms with E-state index in [1.807, 2.05) is 0 Å². The molecule has 1 aliphatic rings. The molecule has 2 N–H and O–H groups in total. The highest BCUT2D eigenvalue weighted by Gasteiger charge is 2.20. The molecule has 7 nitrogen and oxygen atoms in total. The molecular weight excluding hydrogens is 294 g/mol. The minimum Gasteiger partial charge on any atom is -0.354 e. The van der Waals surface area contributed by atoms with Crippen molar-refractivity contribution in [3.05, 3.63) is 29.8 Å². The van der Waals surface area contributed by atoms with E-state index in [0.717, 1.165) is 6.26 Å². The Morgan fingerprint density at radius 2 is 1.95 bits per heavy atom. The van der Waals surface area contributed by atoms with E-state index in [1.54, 1.807) is 12.1 Å². The lowest BCUT2D eigenvalue weighted by Gasteiger charge is -2.19. The van der Waals surface area contributed by atoms with Crippen molar-refractivity contribution in [3.63, 3.8) is 0 Å². The molecule has 1 aromatic rings. The average Bonchev–Trinajstić information content (AvgIpc) is 2.62. The van der Waals surface area contributed by atoms with E-state index in [-0.39, 0.29) is 18.4 Å². The lowest BCUT2D eigenvalue weighted by Crippen LogP contribution is -2.37. The monoisotopic (exact) mass is 311 g/mol. The molecule has 8 heteroatoms. The Hall–Kier alpha value is -2.09. The van der Waals surface area contributed by atoms with Crippen LogP contribution in [0.25, 0.3) is 0 Å². The van der Waals surface area contributed by atoms with Crippen molar-refractivity contribution < 1.29 is 18.0 Å². The Kier molecular flexibility index (Phi) is 4.46. The zero-order valence-electron chi connectivity index (χ0n) is 11.6. The minimum absolute atomic E-state index is 0.0438. The van der Waals surface area contributed by atoms with Crippen molar-refractivity contribution in [2.75, 3.05) is 30.6 Å². The van der Waals surface area contributed by atoms with E-state index in [9.17, 15) is 18.0 Å². The molecule has 1 fully saturated rings. The maximum Gasteiger partial charge on any atom is 0.254 e. The van der Waals surface area contributed by atoms with Crippen LogP contribution in [0.15, 0.2) is 24.3 Å². The highest BCUT2D eigenvalue weighted by molar-refractivity contribution is 7.92. The quantitative estimate of drug-likeness (QED) is 0.822. The third kappa shape index (κ3) is 4.45. The standard InChI is InChI=1S/C13H17N3O4S/c1-21(19,20)15-11-5-3-10(4-6-11)13(18)16-8-2-7-14-12(17)9-16/h3-6,15H,2,7-9H2,1H3,(H,14,17). The summed E-state index contributed by atoms with van der Waals surface area (Å²) in [6, 6.07) is 6.12. The van der Waals surface area contributed by atoms with Gasteiger partial charge in [0.1, 0.15) is 0 Å². The number of carbonyl (C=O) groups is 2. The molecule has 1 aromatic carbocycles. The lowest BCUT2D eigenvalue weighted by atomic mass is 10.2. The molecule has 2 amide bonds. The highest BCUT2D eigenvalue weighted by Crippen LogP contribution is 2.13.